The van der Waals surface area contributed by atoms with Crippen LogP contribution >= 0.6 is 0 Å². The number of primary amides is 1. The molecule has 18 heavy (non-hydrogen) atoms. The third-order valence-electron chi connectivity index (χ3n) is 3.42. The van der Waals surface area contributed by atoms with E-state index >= 15 is 0 Å². The van der Waals surface area contributed by atoms with Gasteiger partial charge in [0.2, 0.25) is 5.91 Å². The second-order valence-electron chi connectivity index (χ2n) is 5.20. The summed E-state index contributed by atoms with van der Waals surface area (Å²) in [5, 5.41) is 0. The van der Waals surface area contributed by atoms with Gasteiger partial charge in [0, 0.05) is 11.0 Å². The van der Waals surface area contributed by atoms with Crippen molar-refractivity contribution in [3.8, 4) is 5.75 Å². The van der Waals surface area contributed by atoms with Crippen molar-refractivity contribution in [3.63, 3.8) is 0 Å². The van der Waals surface area contributed by atoms with E-state index in [1.54, 1.807) is 24.3 Å². The molecule has 1 amide bonds. The Bertz CT molecular complexity index is 450. The minimum absolute atomic E-state index is 0.219. The second kappa shape index (κ2) is 5.25. The molecule has 0 heterocycles. The van der Waals surface area contributed by atoms with E-state index in [2.05, 4.69) is 19.1 Å². The van der Waals surface area contributed by atoms with Gasteiger partial charge in [0.25, 0.3) is 0 Å². The molecule has 2 N–H and O–H groups in total. The predicted molar refractivity (Wildman–Crippen MR) is 71.6 cm³/mol. The third-order valence-corrected chi connectivity index (χ3v) is 3.42. The zero-order valence-corrected chi connectivity index (χ0v) is 10.7. The predicted octanol–water partition coefficient (Wildman–Crippen LogP) is 2.91. The summed E-state index contributed by atoms with van der Waals surface area (Å²) in [5.41, 5.74) is 5.92. The van der Waals surface area contributed by atoms with E-state index in [-0.39, 0.29) is 5.41 Å². The maximum atomic E-state index is 10.9. The molecule has 0 saturated heterocycles. The molecule has 1 aliphatic rings. The van der Waals surface area contributed by atoms with Gasteiger partial charge in [-0.25, -0.2) is 0 Å². The van der Waals surface area contributed by atoms with Crippen LogP contribution in [0, 0.1) is 5.41 Å². The molecule has 1 aromatic carbocycles. The van der Waals surface area contributed by atoms with Gasteiger partial charge < -0.3 is 10.5 Å². The summed E-state index contributed by atoms with van der Waals surface area (Å²) < 4.78 is 5.80. The molecule has 0 saturated carbocycles. The zero-order chi connectivity index (χ0) is 13.0. The minimum Gasteiger partial charge on any atom is -0.493 e. The first kappa shape index (κ1) is 12.7. The number of rotatable bonds is 4. The van der Waals surface area contributed by atoms with Crippen molar-refractivity contribution in [2.24, 2.45) is 11.1 Å². The van der Waals surface area contributed by atoms with Gasteiger partial charge in [0.05, 0.1) is 6.61 Å². The summed E-state index contributed by atoms with van der Waals surface area (Å²) in [6.07, 6.45) is 7.79. The summed E-state index contributed by atoms with van der Waals surface area (Å²) in [6, 6.07) is 6.98. The topological polar surface area (TPSA) is 52.3 Å². The average Bonchev–Trinajstić information content (AvgIpc) is 2.38. The fraction of sp³-hybridized carbons (Fsp3) is 0.400. The first-order chi connectivity index (χ1) is 8.59. The van der Waals surface area contributed by atoms with Crippen molar-refractivity contribution in [2.75, 3.05) is 6.61 Å². The summed E-state index contributed by atoms with van der Waals surface area (Å²) in [7, 11) is 0. The van der Waals surface area contributed by atoms with E-state index in [1.165, 1.54) is 0 Å². The number of allylic oxidation sites excluding steroid dienone is 2. The van der Waals surface area contributed by atoms with E-state index in [1.807, 2.05) is 0 Å². The van der Waals surface area contributed by atoms with Gasteiger partial charge in [-0.15, -0.1) is 0 Å². The van der Waals surface area contributed by atoms with E-state index in [9.17, 15) is 4.79 Å². The number of hydrogen-bond acceptors (Lipinski definition) is 2. The first-order valence-electron chi connectivity index (χ1n) is 6.27. The number of amides is 1. The lowest BCUT2D eigenvalue weighted by molar-refractivity contribution is 0.1000. The highest BCUT2D eigenvalue weighted by Crippen LogP contribution is 2.32. The van der Waals surface area contributed by atoms with Crippen molar-refractivity contribution in [2.45, 2.75) is 26.2 Å². The number of nitrogens with two attached hydrogens (primary N) is 1. The SMILES string of the molecule is CC1(COc2ccc(C(N)=O)cc2)CC=CCC1. The maximum Gasteiger partial charge on any atom is 0.248 e. The van der Waals surface area contributed by atoms with Crippen molar-refractivity contribution in [1.82, 2.24) is 0 Å². The van der Waals surface area contributed by atoms with Crippen LogP contribution in [0.4, 0.5) is 0 Å². The molecule has 0 spiro atoms. The molecule has 1 atom stereocenters. The van der Waals surface area contributed by atoms with Crippen molar-refractivity contribution >= 4 is 5.91 Å². The number of ether oxygens (including phenoxy) is 1. The summed E-state index contributed by atoms with van der Waals surface area (Å²) in [4.78, 5) is 10.9. The lowest BCUT2D eigenvalue weighted by Gasteiger charge is -2.30. The van der Waals surface area contributed by atoms with Crippen LogP contribution in [0.2, 0.25) is 0 Å². The van der Waals surface area contributed by atoms with Gasteiger partial charge in [-0.05, 0) is 43.5 Å². The first-order valence-corrected chi connectivity index (χ1v) is 6.27. The van der Waals surface area contributed by atoms with Crippen molar-refractivity contribution in [1.29, 1.82) is 0 Å². The highest BCUT2D eigenvalue weighted by atomic mass is 16.5. The average molecular weight is 245 g/mol. The van der Waals surface area contributed by atoms with E-state index in [4.69, 9.17) is 10.5 Å². The molecule has 0 aromatic heterocycles. The Kier molecular flexibility index (Phi) is 3.70. The van der Waals surface area contributed by atoms with Gasteiger partial charge >= 0.3 is 0 Å². The van der Waals surface area contributed by atoms with Crippen LogP contribution in [-0.4, -0.2) is 12.5 Å². The Morgan fingerprint density at radius 2 is 2.06 bits per heavy atom. The molecule has 1 unspecified atom stereocenters. The molecule has 96 valence electrons. The summed E-state index contributed by atoms with van der Waals surface area (Å²) in [6.45, 7) is 2.95. The number of carbonyl (C=O) groups is 1. The van der Waals surface area contributed by atoms with Crippen molar-refractivity contribution in [3.05, 3.63) is 42.0 Å². The van der Waals surface area contributed by atoms with Crippen LogP contribution in [0.5, 0.6) is 5.75 Å². The smallest absolute Gasteiger partial charge is 0.248 e. The fourth-order valence-corrected chi connectivity index (χ4v) is 2.12. The molecule has 1 aromatic rings. The van der Waals surface area contributed by atoms with Crippen LogP contribution in [0.25, 0.3) is 0 Å². The van der Waals surface area contributed by atoms with Gasteiger partial charge in [-0.2, -0.15) is 0 Å². The molecule has 0 fully saturated rings. The molecule has 0 bridgehead atoms. The van der Waals surface area contributed by atoms with Crippen LogP contribution in [-0.2, 0) is 0 Å². The lowest BCUT2D eigenvalue weighted by atomic mass is 9.80. The Morgan fingerprint density at radius 1 is 1.33 bits per heavy atom. The zero-order valence-electron chi connectivity index (χ0n) is 10.7. The molecular formula is C15H19NO2. The molecule has 2 rings (SSSR count). The van der Waals surface area contributed by atoms with E-state index < -0.39 is 5.91 Å². The van der Waals surface area contributed by atoms with Crippen molar-refractivity contribution < 1.29 is 9.53 Å². The molecule has 0 radical (unpaired) electrons. The summed E-state index contributed by atoms with van der Waals surface area (Å²) >= 11 is 0. The van der Waals surface area contributed by atoms with Crippen LogP contribution < -0.4 is 10.5 Å². The van der Waals surface area contributed by atoms with Crippen LogP contribution in [0.1, 0.15) is 36.5 Å². The Labute approximate surface area is 108 Å². The lowest BCUT2D eigenvalue weighted by Crippen LogP contribution is -2.26. The van der Waals surface area contributed by atoms with Gasteiger partial charge in [-0.3, -0.25) is 4.79 Å². The Hall–Kier alpha value is -1.77. The third kappa shape index (κ3) is 3.13. The van der Waals surface area contributed by atoms with Gasteiger partial charge in [-0.1, -0.05) is 19.1 Å². The van der Waals surface area contributed by atoms with E-state index in [0.717, 1.165) is 25.0 Å². The largest absolute Gasteiger partial charge is 0.493 e. The fourth-order valence-electron chi connectivity index (χ4n) is 2.12. The normalized spacial score (nSPS) is 22.7. The highest BCUT2D eigenvalue weighted by Gasteiger charge is 2.25. The Balaban J connectivity index is 1.93. The number of carbonyl (C=O) groups excluding carboxylic acids is 1. The maximum absolute atomic E-state index is 10.9. The molecule has 0 aliphatic heterocycles. The minimum atomic E-state index is -0.411. The molecule has 3 nitrogen and oxygen atoms in total. The second-order valence-corrected chi connectivity index (χ2v) is 5.20. The molecular weight excluding hydrogens is 226 g/mol. The van der Waals surface area contributed by atoms with Crippen LogP contribution in [0.3, 0.4) is 0 Å². The van der Waals surface area contributed by atoms with Gasteiger partial charge in [0.1, 0.15) is 5.75 Å². The van der Waals surface area contributed by atoms with Gasteiger partial charge in [0.15, 0.2) is 0 Å². The summed E-state index contributed by atoms with van der Waals surface area (Å²) in [5.74, 6) is 0.377. The monoisotopic (exact) mass is 245 g/mol. The molecule has 3 heteroatoms. The van der Waals surface area contributed by atoms with E-state index in [0.29, 0.717) is 12.2 Å². The molecule has 1 aliphatic carbocycles. The number of hydrogen-bond donors (Lipinski definition) is 1. The van der Waals surface area contributed by atoms with Crippen LogP contribution in [0.15, 0.2) is 36.4 Å². The highest BCUT2D eigenvalue weighted by molar-refractivity contribution is 5.92. The quantitative estimate of drug-likeness (QED) is 0.829. The Morgan fingerprint density at radius 3 is 2.61 bits per heavy atom. The number of benzene rings is 1. The standard InChI is InChI=1S/C15H19NO2/c1-15(9-3-2-4-10-15)11-18-13-7-5-12(6-8-13)14(16)17/h2-3,5-8H,4,9-11H2,1H3,(H2,16,17).